The summed E-state index contributed by atoms with van der Waals surface area (Å²) in [6.45, 7) is 11.3. The molecule has 121 heavy (non-hydrogen) atoms. The van der Waals surface area contributed by atoms with Gasteiger partial charge in [0.1, 0.15) is 54.6 Å². The highest BCUT2D eigenvalue weighted by molar-refractivity contribution is 7.46. The Hall–Kier alpha value is -3.19. The van der Waals surface area contributed by atoms with E-state index in [2.05, 4.69) is 46.9 Å². The minimum absolute atomic E-state index is 0.121. The number of amides is 1. The fourth-order valence-electron chi connectivity index (χ4n) is 17.0. The molecule has 2 rings (SSSR count). The summed E-state index contributed by atoms with van der Waals surface area (Å²) in [6, 6.07) is -1.63. The van der Waals surface area contributed by atoms with Crippen molar-refractivity contribution in [1.29, 1.82) is 0 Å². The number of carbonyl (C=O) groups is 6. The molecule has 2 saturated heterocycles. The molecule has 0 saturated carbocycles. The smallest absolute Gasteiger partial charge is 0.462 e. The summed E-state index contributed by atoms with van der Waals surface area (Å²) in [6.07, 6.45) is 41.2. The highest BCUT2D eigenvalue weighted by Gasteiger charge is 2.54. The van der Waals surface area contributed by atoms with Gasteiger partial charge in [-0.1, -0.05) is 388 Å². The molecular formula is C97H182NO22P. The van der Waals surface area contributed by atoms with Crippen LogP contribution in [0.1, 0.15) is 485 Å². The van der Waals surface area contributed by atoms with E-state index in [0.717, 1.165) is 186 Å². The molecule has 0 aromatic rings. The molecule has 2 fully saturated rings. The number of esters is 4. The Morgan fingerprint density at radius 1 is 0.372 bits per heavy atom. The second-order valence-electron chi connectivity index (χ2n) is 36.0. The van der Waals surface area contributed by atoms with Gasteiger partial charge in [-0.3, -0.25) is 33.3 Å². The van der Waals surface area contributed by atoms with Crippen LogP contribution >= 0.6 is 7.82 Å². The topological polar surface area (TPSA) is 347 Å². The molecule has 24 heteroatoms. The Kier molecular flexibility index (Phi) is 72.3. The lowest BCUT2D eigenvalue weighted by molar-refractivity contribution is -0.308. The Balaban J connectivity index is 2.73. The van der Waals surface area contributed by atoms with Gasteiger partial charge in [0.25, 0.3) is 0 Å². The molecule has 2 aliphatic rings. The Morgan fingerprint density at radius 3 is 1.06 bits per heavy atom. The van der Waals surface area contributed by atoms with E-state index in [1.165, 1.54) is 148 Å². The number of rotatable bonds is 85. The number of aliphatic hydroxyl groups is 5. The number of unbranched alkanes of at least 4 members (excludes halogenated alkanes) is 52. The molecule has 0 bridgehead atoms. The maximum Gasteiger partial charge on any atom is 0.470 e. The number of nitrogens with one attached hydrogen (secondary N) is 1. The standard InChI is InChI=1S/C97H182NO22P/c1-7-13-19-25-31-37-39-45-51-57-63-69-87(104)114-81(67-61-55-49-43-35-29-23-17-11-5)71-80(102)72-83-93(118-90(107)75-82(68-62-56-50-44-36-30-24-18-12-6)115-88(105)70-64-58-52-46-40-38-32-26-20-14-8-2)94(120-121(110,111)112)84(76-99)117-97(83)113-77-85-92(108)95(119-89(106)74-79(101)66-60-54-48-42-34-28-22-16-10-4)91(96(109)116-85)98-86(103)73-78(100)65-59-53-47-41-33-27-21-15-9-3/h78-79,81-85,91-97,99-101,108-109H,7-77H2,1-6H3,(H,98,103)(H2,110,111,112)/t78-,79-,81-,82-,83?,84?,85?,91?,92?,93-,94?,95-,96+,97-/m1/s1. The monoisotopic (exact) mass is 1740 g/mol. The van der Waals surface area contributed by atoms with E-state index in [9.17, 15) is 63.9 Å². The van der Waals surface area contributed by atoms with Crippen molar-refractivity contribution < 1.29 is 106 Å². The van der Waals surface area contributed by atoms with E-state index >= 15 is 4.79 Å². The van der Waals surface area contributed by atoms with Gasteiger partial charge in [0, 0.05) is 25.7 Å². The third-order valence-electron chi connectivity index (χ3n) is 24.4. The number of Topliss-reactive ketones (excluding diaryl/α,β-unsaturated/α-hetero) is 1. The predicted octanol–water partition coefficient (Wildman–Crippen LogP) is 22.4. The number of carbonyl (C=O) groups excluding carboxylic acids is 6. The second-order valence-corrected chi connectivity index (χ2v) is 37.2. The Labute approximate surface area is 734 Å². The zero-order valence-corrected chi connectivity index (χ0v) is 78.4. The first-order valence-corrected chi connectivity index (χ1v) is 51.7. The first-order chi connectivity index (χ1) is 58.6. The normalized spacial score (nSPS) is 20.4. The zero-order valence-electron chi connectivity index (χ0n) is 77.5. The molecule has 6 unspecified atom stereocenters. The van der Waals surface area contributed by atoms with Crippen LogP contribution in [-0.4, -0.2) is 164 Å². The quantitative estimate of drug-likeness (QED) is 0.0121. The highest BCUT2D eigenvalue weighted by atomic mass is 31.2. The molecule has 1 amide bonds. The maximum atomic E-state index is 15.2. The number of aliphatic hydroxyl groups excluding tert-OH is 5. The van der Waals surface area contributed by atoms with Crippen molar-refractivity contribution in [2.24, 2.45) is 5.92 Å². The van der Waals surface area contributed by atoms with Crippen molar-refractivity contribution in [3.05, 3.63) is 0 Å². The lowest BCUT2D eigenvalue weighted by atomic mass is 9.85. The van der Waals surface area contributed by atoms with Crippen LogP contribution in [0.2, 0.25) is 0 Å². The zero-order chi connectivity index (χ0) is 88.6. The molecule has 712 valence electrons. The van der Waals surface area contributed by atoms with Crippen LogP contribution in [-0.2, 0) is 71.0 Å². The summed E-state index contributed by atoms with van der Waals surface area (Å²) in [4.78, 5) is 107. The van der Waals surface area contributed by atoms with Crippen LogP contribution in [0.25, 0.3) is 0 Å². The van der Waals surface area contributed by atoms with Crippen LogP contribution in [0.4, 0.5) is 0 Å². The predicted molar refractivity (Wildman–Crippen MR) is 480 cm³/mol. The molecule has 2 heterocycles. The molecule has 0 aliphatic carbocycles. The van der Waals surface area contributed by atoms with Crippen LogP contribution in [0.15, 0.2) is 0 Å². The number of hydrogen-bond donors (Lipinski definition) is 8. The minimum Gasteiger partial charge on any atom is -0.462 e. The van der Waals surface area contributed by atoms with Gasteiger partial charge in [-0.25, -0.2) is 4.57 Å². The third-order valence-corrected chi connectivity index (χ3v) is 25.0. The van der Waals surface area contributed by atoms with Crippen molar-refractivity contribution in [3.63, 3.8) is 0 Å². The molecule has 0 spiro atoms. The van der Waals surface area contributed by atoms with Gasteiger partial charge < -0.3 is 73.8 Å². The van der Waals surface area contributed by atoms with Gasteiger partial charge in [0.05, 0.1) is 50.6 Å². The summed E-state index contributed by atoms with van der Waals surface area (Å²) in [5.74, 6) is -5.77. The fourth-order valence-corrected chi connectivity index (χ4v) is 17.6. The van der Waals surface area contributed by atoms with Crippen molar-refractivity contribution in [2.45, 2.75) is 564 Å². The molecule has 2 aliphatic heterocycles. The number of ketones is 1. The lowest BCUT2D eigenvalue weighted by Gasteiger charge is -2.46. The van der Waals surface area contributed by atoms with Gasteiger partial charge in [-0.2, -0.15) is 0 Å². The molecule has 14 atom stereocenters. The highest BCUT2D eigenvalue weighted by Crippen LogP contribution is 2.45. The molecule has 0 aromatic carbocycles. The van der Waals surface area contributed by atoms with Gasteiger partial charge in [-0.05, 0) is 51.4 Å². The molecule has 8 N–H and O–H groups in total. The summed E-state index contributed by atoms with van der Waals surface area (Å²) < 4.78 is 62.2. The number of phosphoric acid groups is 1. The largest absolute Gasteiger partial charge is 0.470 e. The lowest BCUT2D eigenvalue weighted by Crippen LogP contribution is -2.66. The van der Waals surface area contributed by atoms with Crippen LogP contribution in [0, 0.1) is 5.92 Å². The summed E-state index contributed by atoms with van der Waals surface area (Å²) in [5.41, 5.74) is 0. The van der Waals surface area contributed by atoms with E-state index in [4.69, 9.17) is 37.7 Å². The maximum absolute atomic E-state index is 15.2. The van der Waals surface area contributed by atoms with Crippen LogP contribution in [0.5, 0.6) is 0 Å². The average Bonchev–Trinajstić information content (AvgIpc) is 0.777. The Bertz CT molecular complexity index is 2550. The molecule has 23 nitrogen and oxygen atoms in total. The van der Waals surface area contributed by atoms with Crippen molar-refractivity contribution in [3.8, 4) is 0 Å². The number of hydrogen-bond acceptors (Lipinski definition) is 20. The van der Waals surface area contributed by atoms with E-state index in [0.29, 0.717) is 51.4 Å². The van der Waals surface area contributed by atoms with Gasteiger partial charge in [-0.15, -0.1) is 0 Å². The van der Waals surface area contributed by atoms with E-state index in [-0.39, 0.29) is 32.1 Å². The Morgan fingerprint density at radius 2 is 0.694 bits per heavy atom. The van der Waals surface area contributed by atoms with E-state index in [1.54, 1.807) is 0 Å². The number of phosphoric ester groups is 1. The average molecular weight is 1750 g/mol. The first kappa shape index (κ1) is 114. The molecule has 0 radical (unpaired) electrons. The van der Waals surface area contributed by atoms with E-state index in [1.807, 2.05) is 0 Å². The summed E-state index contributed by atoms with van der Waals surface area (Å²) in [5, 5.41) is 60.5. The van der Waals surface area contributed by atoms with Gasteiger partial charge in [0.2, 0.25) is 5.91 Å². The minimum atomic E-state index is -5.59. The van der Waals surface area contributed by atoms with Gasteiger partial charge in [0.15, 0.2) is 18.7 Å². The van der Waals surface area contributed by atoms with Crippen molar-refractivity contribution in [1.82, 2.24) is 5.32 Å². The van der Waals surface area contributed by atoms with Crippen molar-refractivity contribution in [2.75, 3.05) is 13.2 Å². The van der Waals surface area contributed by atoms with Crippen LogP contribution < -0.4 is 5.32 Å². The van der Waals surface area contributed by atoms with Crippen molar-refractivity contribution >= 4 is 43.4 Å². The number of ether oxygens (including phenoxy) is 7. The van der Waals surface area contributed by atoms with Gasteiger partial charge >= 0.3 is 31.7 Å². The first-order valence-electron chi connectivity index (χ1n) is 50.2. The fraction of sp³-hybridized carbons (Fsp3) is 0.938. The molecule has 0 aromatic heterocycles. The summed E-state index contributed by atoms with van der Waals surface area (Å²) in [7, 11) is -5.59. The SMILES string of the molecule is CCCCCCCCCCCCCC(=O)O[C@H](CCCCCCCCCCC)CC(=O)CC1[C@H](OCC2O[C@H](O)C(NC(=O)C[C@H](O)CCCCCCCCCCC)[C@@H](OC(=O)C[C@H](O)CCCCCCCCCCC)C2O)OC(CO)C(OP(=O)(O)O)[C@@H]1OC(=O)C[C@@H](CCCCCCCCCCC)OC(=O)CCCCCCCCCCCCC. The summed E-state index contributed by atoms with van der Waals surface area (Å²) >= 11 is 0. The molecular weight excluding hydrogens is 1560 g/mol. The van der Waals surface area contributed by atoms with E-state index < -0.39 is 168 Å². The van der Waals surface area contributed by atoms with Crippen LogP contribution in [0.3, 0.4) is 0 Å². The third kappa shape index (κ3) is 61.0. The second kappa shape index (κ2) is 76.8.